The van der Waals surface area contributed by atoms with Gasteiger partial charge in [-0.05, 0) is 28.5 Å². The molecule has 0 fully saturated rings. The molecule has 4 heteroatoms. The number of carboxylic acid groups (broad SMARTS) is 1. The van der Waals surface area contributed by atoms with Gasteiger partial charge in [0.05, 0.1) is 0 Å². The fourth-order valence-electron chi connectivity index (χ4n) is 2.34. The smallest absolute Gasteiger partial charge is 0.353 e. The molecule has 90 valence electrons. The van der Waals surface area contributed by atoms with E-state index in [9.17, 15) is 9.90 Å². The van der Waals surface area contributed by atoms with Crippen molar-refractivity contribution in [3.63, 3.8) is 0 Å². The predicted octanol–water partition coefficient (Wildman–Crippen LogP) is 3.61. The molecule has 1 aromatic carbocycles. The van der Waals surface area contributed by atoms with Crippen LogP contribution in [0.2, 0.25) is 0 Å². The first-order valence-electron chi connectivity index (χ1n) is 5.53. The Labute approximate surface area is 108 Å². The lowest BCUT2D eigenvalue weighted by Crippen LogP contribution is -2.05. The van der Waals surface area contributed by atoms with E-state index in [-0.39, 0.29) is 0 Å². The molecule has 18 heavy (non-hydrogen) atoms. The van der Waals surface area contributed by atoms with Crippen molar-refractivity contribution in [2.75, 3.05) is 0 Å². The summed E-state index contributed by atoms with van der Waals surface area (Å²) in [5.41, 5.74) is 3.06. The van der Waals surface area contributed by atoms with Crippen LogP contribution in [0.15, 0.2) is 41.1 Å². The number of carboxylic acids is 1. The molecular weight excluding hydrogens is 246 g/mol. The van der Waals surface area contributed by atoms with Gasteiger partial charge >= 0.3 is 5.97 Å². The maximum absolute atomic E-state index is 11.5. The van der Waals surface area contributed by atoms with Crippen LogP contribution in [-0.2, 0) is 7.05 Å². The quantitative estimate of drug-likeness (QED) is 0.762. The zero-order chi connectivity index (χ0) is 12.7. The molecule has 0 aliphatic carbocycles. The molecule has 1 N–H and O–H groups in total. The highest BCUT2D eigenvalue weighted by Crippen LogP contribution is 2.35. The SMILES string of the molecule is Cn1c(C(=O)O)c(-c2ccsc2)c2ccccc21. The summed E-state index contributed by atoms with van der Waals surface area (Å²) in [6.07, 6.45) is 0. The van der Waals surface area contributed by atoms with Crippen molar-refractivity contribution in [3.8, 4) is 11.1 Å². The number of aromatic carboxylic acids is 1. The van der Waals surface area contributed by atoms with Crippen molar-refractivity contribution in [2.45, 2.75) is 0 Å². The van der Waals surface area contributed by atoms with Gasteiger partial charge in [0.2, 0.25) is 0 Å². The molecule has 2 aromatic heterocycles. The van der Waals surface area contributed by atoms with Crippen LogP contribution in [0.1, 0.15) is 10.5 Å². The molecule has 0 aliphatic rings. The molecule has 0 radical (unpaired) electrons. The Morgan fingerprint density at radius 3 is 2.72 bits per heavy atom. The lowest BCUT2D eigenvalue weighted by molar-refractivity contribution is 0.0688. The van der Waals surface area contributed by atoms with Gasteiger partial charge in [-0.2, -0.15) is 11.3 Å². The molecule has 3 rings (SSSR count). The Morgan fingerprint density at radius 2 is 2.06 bits per heavy atom. The molecular formula is C14H11NO2S. The zero-order valence-corrected chi connectivity index (χ0v) is 10.6. The maximum Gasteiger partial charge on any atom is 0.353 e. The highest BCUT2D eigenvalue weighted by Gasteiger charge is 2.21. The summed E-state index contributed by atoms with van der Waals surface area (Å²) in [5, 5.41) is 14.4. The molecule has 0 spiro atoms. The van der Waals surface area contributed by atoms with Gasteiger partial charge in [0.1, 0.15) is 5.69 Å². The highest BCUT2D eigenvalue weighted by atomic mass is 32.1. The van der Waals surface area contributed by atoms with Crippen LogP contribution >= 0.6 is 11.3 Å². The zero-order valence-electron chi connectivity index (χ0n) is 9.75. The second kappa shape index (κ2) is 3.99. The standard InChI is InChI=1S/C14H11NO2S/c1-15-11-5-3-2-4-10(11)12(13(15)14(16)17)9-6-7-18-8-9/h2-8H,1H3,(H,16,17). The Kier molecular flexibility index (Phi) is 2.45. The lowest BCUT2D eigenvalue weighted by atomic mass is 10.1. The van der Waals surface area contributed by atoms with Gasteiger partial charge in [-0.25, -0.2) is 4.79 Å². The van der Waals surface area contributed by atoms with E-state index in [2.05, 4.69) is 0 Å². The number of para-hydroxylation sites is 1. The van der Waals surface area contributed by atoms with E-state index in [0.29, 0.717) is 5.69 Å². The first-order chi connectivity index (χ1) is 8.70. The summed E-state index contributed by atoms with van der Waals surface area (Å²) in [6.45, 7) is 0. The predicted molar refractivity (Wildman–Crippen MR) is 73.2 cm³/mol. The van der Waals surface area contributed by atoms with Crippen LogP contribution in [0.3, 0.4) is 0 Å². The number of hydrogen-bond donors (Lipinski definition) is 1. The van der Waals surface area contributed by atoms with Crippen LogP contribution in [0.25, 0.3) is 22.0 Å². The Hall–Kier alpha value is -2.07. The van der Waals surface area contributed by atoms with E-state index in [1.165, 1.54) is 0 Å². The lowest BCUT2D eigenvalue weighted by Gasteiger charge is -2.01. The third-order valence-corrected chi connectivity index (χ3v) is 3.80. The number of benzene rings is 1. The molecule has 0 unspecified atom stereocenters. The van der Waals surface area contributed by atoms with Crippen molar-refractivity contribution >= 4 is 28.2 Å². The highest BCUT2D eigenvalue weighted by molar-refractivity contribution is 7.08. The summed E-state index contributed by atoms with van der Waals surface area (Å²) >= 11 is 1.57. The van der Waals surface area contributed by atoms with E-state index in [1.54, 1.807) is 23.0 Å². The van der Waals surface area contributed by atoms with Crippen LogP contribution in [0, 0.1) is 0 Å². The second-order valence-corrected chi connectivity index (χ2v) is 4.90. The minimum Gasteiger partial charge on any atom is -0.477 e. The van der Waals surface area contributed by atoms with Crippen LogP contribution in [-0.4, -0.2) is 15.6 Å². The van der Waals surface area contributed by atoms with Gasteiger partial charge in [-0.15, -0.1) is 0 Å². The van der Waals surface area contributed by atoms with Crippen LogP contribution in [0.4, 0.5) is 0 Å². The molecule has 0 atom stereocenters. The van der Waals surface area contributed by atoms with E-state index in [4.69, 9.17) is 0 Å². The molecule has 2 heterocycles. The fraction of sp³-hybridized carbons (Fsp3) is 0.0714. The van der Waals surface area contributed by atoms with Gasteiger partial charge in [-0.1, -0.05) is 18.2 Å². The van der Waals surface area contributed by atoms with E-state index in [1.807, 2.05) is 41.1 Å². The number of rotatable bonds is 2. The summed E-state index contributed by atoms with van der Waals surface area (Å²) < 4.78 is 1.74. The minimum absolute atomic E-state index is 0.342. The summed E-state index contributed by atoms with van der Waals surface area (Å²) in [4.78, 5) is 11.5. The molecule has 0 bridgehead atoms. The first kappa shape index (κ1) is 11.0. The molecule has 3 aromatic rings. The summed E-state index contributed by atoms with van der Waals surface area (Å²) in [5.74, 6) is -0.894. The topological polar surface area (TPSA) is 42.2 Å². The van der Waals surface area contributed by atoms with Crippen molar-refractivity contribution in [3.05, 3.63) is 46.8 Å². The number of aromatic nitrogens is 1. The van der Waals surface area contributed by atoms with Crippen LogP contribution < -0.4 is 0 Å². The largest absolute Gasteiger partial charge is 0.477 e. The normalized spacial score (nSPS) is 10.9. The second-order valence-electron chi connectivity index (χ2n) is 4.12. The first-order valence-corrected chi connectivity index (χ1v) is 6.47. The van der Waals surface area contributed by atoms with Gasteiger partial charge in [0, 0.05) is 23.5 Å². The number of carbonyl (C=O) groups is 1. The fourth-order valence-corrected chi connectivity index (χ4v) is 2.99. The summed E-state index contributed by atoms with van der Waals surface area (Å²) in [7, 11) is 1.79. The number of fused-ring (bicyclic) bond motifs is 1. The minimum atomic E-state index is -0.894. The van der Waals surface area contributed by atoms with Crippen molar-refractivity contribution < 1.29 is 9.90 Å². The van der Waals surface area contributed by atoms with E-state index < -0.39 is 5.97 Å². The summed E-state index contributed by atoms with van der Waals surface area (Å²) in [6, 6.07) is 9.72. The van der Waals surface area contributed by atoms with Crippen molar-refractivity contribution in [2.24, 2.45) is 7.05 Å². The third-order valence-electron chi connectivity index (χ3n) is 3.12. The molecule has 0 saturated carbocycles. The number of aryl methyl sites for hydroxylation is 1. The van der Waals surface area contributed by atoms with Crippen LogP contribution in [0.5, 0.6) is 0 Å². The average Bonchev–Trinajstić information content (AvgIpc) is 2.96. The number of nitrogens with zero attached hydrogens (tertiary/aromatic N) is 1. The molecule has 0 amide bonds. The van der Waals surface area contributed by atoms with Crippen molar-refractivity contribution in [1.29, 1.82) is 0 Å². The molecule has 0 aliphatic heterocycles. The van der Waals surface area contributed by atoms with Crippen molar-refractivity contribution in [1.82, 2.24) is 4.57 Å². The Morgan fingerprint density at radius 1 is 1.28 bits per heavy atom. The Balaban J connectivity index is 2.48. The monoisotopic (exact) mass is 257 g/mol. The van der Waals surface area contributed by atoms with Gasteiger partial charge in [0.15, 0.2) is 0 Å². The average molecular weight is 257 g/mol. The number of thiophene rings is 1. The number of hydrogen-bond acceptors (Lipinski definition) is 2. The molecule has 3 nitrogen and oxygen atoms in total. The molecule has 0 saturated heterocycles. The van der Waals surface area contributed by atoms with Gasteiger partial charge < -0.3 is 9.67 Å². The Bertz CT molecular complexity index is 726. The van der Waals surface area contributed by atoms with E-state index >= 15 is 0 Å². The maximum atomic E-state index is 11.5. The van der Waals surface area contributed by atoms with E-state index in [0.717, 1.165) is 22.0 Å². The van der Waals surface area contributed by atoms with Gasteiger partial charge in [0.25, 0.3) is 0 Å². The van der Waals surface area contributed by atoms with Gasteiger partial charge in [-0.3, -0.25) is 0 Å². The third kappa shape index (κ3) is 1.46.